The molecule has 0 unspecified atom stereocenters. The number of thiazole rings is 1. The summed E-state index contributed by atoms with van der Waals surface area (Å²) in [5, 5.41) is 4.09. The molecule has 24 heavy (non-hydrogen) atoms. The molecule has 0 aliphatic carbocycles. The molecule has 0 bridgehead atoms. The first kappa shape index (κ1) is 16.3. The first-order valence-electron chi connectivity index (χ1n) is 7.92. The highest BCUT2D eigenvalue weighted by Crippen LogP contribution is 2.23. The van der Waals surface area contributed by atoms with Gasteiger partial charge in [0.2, 0.25) is 0 Å². The van der Waals surface area contributed by atoms with Crippen LogP contribution in [0.5, 0.6) is 0 Å². The highest BCUT2D eigenvalue weighted by atomic mass is 32.1. The average Bonchev–Trinajstić information content (AvgIpc) is 3.02. The monoisotopic (exact) mass is 337 g/mol. The van der Waals surface area contributed by atoms with Crippen LogP contribution in [0.3, 0.4) is 0 Å². The molecule has 0 radical (unpaired) electrons. The molecule has 1 aromatic carbocycles. The van der Waals surface area contributed by atoms with Crippen molar-refractivity contribution in [3.8, 4) is 0 Å². The number of benzene rings is 1. The van der Waals surface area contributed by atoms with E-state index in [1.165, 1.54) is 11.3 Å². The van der Waals surface area contributed by atoms with E-state index in [0.29, 0.717) is 4.88 Å². The third-order valence-corrected chi connectivity index (χ3v) is 5.04. The average molecular weight is 337 g/mol. The summed E-state index contributed by atoms with van der Waals surface area (Å²) in [4.78, 5) is 22.3. The Morgan fingerprint density at radius 1 is 1.17 bits per heavy atom. The summed E-state index contributed by atoms with van der Waals surface area (Å²) >= 11 is 1.46. The molecule has 3 aromatic rings. The Bertz CT molecular complexity index is 776. The van der Waals surface area contributed by atoms with Crippen LogP contribution in [0.15, 0.2) is 54.7 Å². The fourth-order valence-electron chi connectivity index (χ4n) is 2.53. The molecule has 4 nitrogen and oxygen atoms in total. The van der Waals surface area contributed by atoms with Crippen molar-refractivity contribution >= 4 is 17.2 Å². The lowest BCUT2D eigenvalue weighted by molar-refractivity contribution is 0.0945. The van der Waals surface area contributed by atoms with Crippen LogP contribution in [-0.4, -0.2) is 15.9 Å². The van der Waals surface area contributed by atoms with Crippen LogP contribution in [-0.2, 0) is 6.42 Å². The summed E-state index contributed by atoms with van der Waals surface area (Å²) in [7, 11) is 0. The Kier molecular flexibility index (Phi) is 5.01. The topological polar surface area (TPSA) is 54.9 Å². The lowest BCUT2D eigenvalue weighted by atomic mass is 10.0. The van der Waals surface area contributed by atoms with Gasteiger partial charge in [-0.2, -0.15) is 0 Å². The lowest BCUT2D eigenvalue weighted by Crippen LogP contribution is -2.29. The zero-order valence-corrected chi connectivity index (χ0v) is 14.5. The second kappa shape index (κ2) is 7.36. The highest BCUT2D eigenvalue weighted by molar-refractivity contribution is 7.13. The molecule has 0 saturated heterocycles. The smallest absolute Gasteiger partial charge is 0.264 e. The molecule has 1 atom stereocenters. The first-order chi connectivity index (χ1) is 11.7. The van der Waals surface area contributed by atoms with Gasteiger partial charge in [0.15, 0.2) is 0 Å². The van der Waals surface area contributed by atoms with E-state index in [2.05, 4.69) is 15.3 Å². The van der Waals surface area contributed by atoms with Gasteiger partial charge in [-0.15, -0.1) is 11.3 Å². The van der Waals surface area contributed by atoms with E-state index >= 15 is 0 Å². The Balaban J connectivity index is 1.92. The minimum atomic E-state index is -0.286. The molecule has 0 spiro atoms. The summed E-state index contributed by atoms with van der Waals surface area (Å²) in [5.41, 5.74) is 2.60. The van der Waals surface area contributed by atoms with Crippen LogP contribution in [0.1, 0.15) is 44.6 Å². The van der Waals surface area contributed by atoms with Crippen LogP contribution in [0.2, 0.25) is 0 Å². The second-order valence-corrected chi connectivity index (χ2v) is 6.53. The molecular weight excluding hydrogens is 318 g/mol. The number of nitrogens with one attached hydrogen (secondary N) is 1. The Hall–Kier alpha value is -2.53. The van der Waals surface area contributed by atoms with Crippen molar-refractivity contribution in [2.75, 3.05) is 0 Å². The molecule has 0 aliphatic rings. The van der Waals surface area contributed by atoms with E-state index < -0.39 is 0 Å². The first-order valence-corrected chi connectivity index (χ1v) is 8.73. The molecule has 0 fully saturated rings. The summed E-state index contributed by atoms with van der Waals surface area (Å²) in [6.45, 7) is 3.92. The minimum absolute atomic E-state index is 0.107. The maximum atomic E-state index is 12.8. The number of hydrogen-bond donors (Lipinski definition) is 1. The number of aromatic nitrogens is 2. The number of rotatable bonds is 5. The van der Waals surface area contributed by atoms with Gasteiger partial charge in [0.05, 0.1) is 22.4 Å². The van der Waals surface area contributed by atoms with Gasteiger partial charge in [0.25, 0.3) is 5.91 Å². The van der Waals surface area contributed by atoms with Crippen LogP contribution < -0.4 is 5.32 Å². The number of aryl methyl sites for hydroxylation is 2. The van der Waals surface area contributed by atoms with E-state index in [9.17, 15) is 4.79 Å². The maximum absolute atomic E-state index is 12.8. The maximum Gasteiger partial charge on any atom is 0.264 e. The molecule has 122 valence electrons. The van der Waals surface area contributed by atoms with Gasteiger partial charge in [-0.3, -0.25) is 9.78 Å². The van der Waals surface area contributed by atoms with Crippen molar-refractivity contribution < 1.29 is 4.79 Å². The van der Waals surface area contributed by atoms with Crippen LogP contribution in [0, 0.1) is 6.92 Å². The van der Waals surface area contributed by atoms with Gasteiger partial charge in [0, 0.05) is 6.20 Å². The molecule has 1 N–H and O–H groups in total. The zero-order valence-electron chi connectivity index (χ0n) is 13.7. The number of hydrogen-bond acceptors (Lipinski definition) is 4. The third kappa shape index (κ3) is 3.51. The van der Waals surface area contributed by atoms with Crippen molar-refractivity contribution in [1.29, 1.82) is 0 Å². The number of pyridine rings is 1. The van der Waals surface area contributed by atoms with Crippen LogP contribution in [0.25, 0.3) is 0 Å². The van der Waals surface area contributed by atoms with Crippen molar-refractivity contribution in [2.24, 2.45) is 0 Å². The predicted molar refractivity (Wildman–Crippen MR) is 96.2 cm³/mol. The van der Waals surface area contributed by atoms with Crippen molar-refractivity contribution in [3.63, 3.8) is 0 Å². The van der Waals surface area contributed by atoms with Gasteiger partial charge in [-0.25, -0.2) is 4.98 Å². The quantitative estimate of drug-likeness (QED) is 0.767. The molecule has 2 heterocycles. The summed E-state index contributed by atoms with van der Waals surface area (Å²) in [6.07, 6.45) is 2.58. The SMILES string of the molecule is CCc1nc(C)c(C(=O)N[C@@H](c2ccccc2)c2ccccn2)s1. The highest BCUT2D eigenvalue weighted by Gasteiger charge is 2.21. The second-order valence-electron chi connectivity index (χ2n) is 5.45. The van der Waals surface area contributed by atoms with Gasteiger partial charge in [-0.1, -0.05) is 43.3 Å². The normalized spacial score (nSPS) is 11.9. The summed E-state index contributed by atoms with van der Waals surface area (Å²) < 4.78 is 0. The fourth-order valence-corrected chi connectivity index (χ4v) is 3.44. The number of carbonyl (C=O) groups is 1. The Morgan fingerprint density at radius 2 is 1.92 bits per heavy atom. The lowest BCUT2D eigenvalue weighted by Gasteiger charge is -2.18. The molecule has 0 saturated carbocycles. The van der Waals surface area contributed by atoms with Crippen molar-refractivity contribution in [3.05, 3.63) is 81.6 Å². The van der Waals surface area contributed by atoms with Crippen molar-refractivity contribution in [1.82, 2.24) is 15.3 Å². The van der Waals surface area contributed by atoms with Gasteiger partial charge < -0.3 is 5.32 Å². The number of carbonyl (C=O) groups excluding carboxylic acids is 1. The van der Waals surface area contributed by atoms with E-state index in [4.69, 9.17) is 0 Å². The van der Waals surface area contributed by atoms with E-state index in [0.717, 1.165) is 28.4 Å². The standard InChI is InChI=1S/C19H19N3OS/c1-3-16-21-13(2)18(24-16)19(23)22-17(14-9-5-4-6-10-14)15-11-7-8-12-20-15/h4-12,17H,3H2,1-2H3,(H,22,23)/t17-/m0/s1. The van der Waals surface area contributed by atoms with Crippen LogP contribution >= 0.6 is 11.3 Å². The summed E-state index contributed by atoms with van der Waals surface area (Å²) in [5.74, 6) is -0.107. The molecule has 2 aromatic heterocycles. The van der Waals surface area contributed by atoms with E-state index in [-0.39, 0.29) is 11.9 Å². The molecule has 3 rings (SSSR count). The number of nitrogens with zero attached hydrogens (tertiary/aromatic N) is 2. The largest absolute Gasteiger partial charge is 0.339 e. The fraction of sp³-hybridized carbons (Fsp3) is 0.211. The predicted octanol–water partition coefficient (Wildman–Crippen LogP) is 3.93. The van der Waals surface area contributed by atoms with Crippen LogP contribution in [0.4, 0.5) is 0 Å². The molecule has 0 aliphatic heterocycles. The van der Waals surface area contributed by atoms with E-state index in [1.807, 2.05) is 62.4 Å². The Morgan fingerprint density at radius 3 is 2.54 bits per heavy atom. The van der Waals surface area contributed by atoms with Gasteiger partial charge >= 0.3 is 0 Å². The number of amides is 1. The summed E-state index contributed by atoms with van der Waals surface area (Å²) in [6, 6.07) is 15.3. The van der Waals surface area contributed by atoms with E-state index in [1.54, 1.807) is 6.20 Å². The van der Waals surface area contributed by atoms with Crippen molar-refractivity contribution in [2.45, 2.75) is 26.3 Å². The van der Waals surface area contributed by atoms with Gasteiger partial charge in [-0.05, 0) is 31.0 Å². The molecule has 5 heteroatoms. The zero-order chi connectivity index (χ0) is 16.9. The van der Waals surface area contributed by atoms with Gasteiger partial charge in [0.1, 0.15) is 4.88 Å². The minimum Gasteiger partial charge on any atom is -0.339 e. The Labute approximate surface area is 145 Å². The molecular formula is C19H19N3OS. The third-order valence-electron chi connectivity index (χ3n) is 3.74. The molecule has 1 amide bonds.